The molecule has 1 fully saturated rings. The van der Waals surface area contributed by atoms with Crippen molar-refractivity contribution in [3.05, 3.63) is 22.8 Å². The first-order valence-corrected chi connectivity index (χ1v) is 8.46. The number of amides is 1. The number of nitrogens with one attached hydrogen (secondary N) is 1. The Morgan fingerprint density at radius 2 is 2.09 bits per heavy atom. The summed E-state index contributed by atoms with van der Waals surface area (Å²) in [5.41, 5.74) is -0.444. The van der Waals surface area contributed by atoms with Crippen molar-refractivity contribution in [2.75, 3.05) is 24.5 Å². The molecule has 1 aromatic rings. The van der Waals surface area contributed by atoms with Gasteiger partial charge in [0.25, 0.3) is 0 Å². The van der Waals surface area contributed by atoms with Gasteiger partial charge in [0.1, 0.15) is 11.4 Å². The second-order valence-corrected chi connectivity index (χ2v) is 7.56. The third-order valence-corrected chi connectivity index (χ3v) is 4.05. The molecule has 5 nitrogen and oxygen atoms in total. The Balaban J connectivity index is 1.73. The van der Waals surface area contributed by atoms with Crippen LogP contribution >= 0.6 is 15.9 Å². The summed E-state index contributed by atoms with van der Waals surface area (Å²) in [6.07, 6.45) is 3.59. The SMILES string of the molecule is CC(C)(C)OC(=O)NCC1CCN(c2ccc(Br)cn2)CC1. The van der Waals surface area contributed by atoms with Gasteiger partial charge < -0.3 is 15.0 Å². The zero-order valence-corrected chi connectivity index (χ0v) is 15.0. The number of hydrogen-bond donors (Lipinski definition) is 1. The third-order valence-electron chi connectivity index (χ3n) is 3.58. The van der Waals surface area contributed by atoms with Gasteiger partial charge in [-0.15, -0.1) is 0 Å². The summed E-state index contributed by atoms with van der Waals surface area (Å²) >= 11 is 3.40. The van der Waals surface area contributed by atoms with Crippen molar-refractivity contribution >= 4 is 27.8 Å². The van der Waals surface area contributed by atoms with Gasteiger partial charge >= 0.3 is 6.09 Å². The van der Waals surface area contributed by atoms with Gasteiger partial charge in [0.05, 0.1) is 0 Å². The van der Waals surface area contributed by atoms with Crippen LogP contribution in [0.15, 0.2) is 22.8 Å². The van der Waals surface area contributed by atoms with E-state index in [-0.39, 0.29) is 6.09 Å². The van der Waals surface area contributed by atoms with Gasteiger partial charge in [0.15, 0.2) is 0 Å². The molecule has 6 heteroatoms. The summed E-state index contributed by atoms with van der Waals surface area (Å²) in [6.45, 7) is 8.23. The number of rotatable bonds is 3. The largest absolute Gasteiger partial charge is 0.444 e. The van der Waals surface area contributed by atoms with E-state index in [1.165, 1.54) is 0 Å². The molecular formula is C16H24BrN3O2. The van der Waals surface area contributed by atoms with Crippen molar-refractivity contribution < 1.29 is 9.53 Å². The fourth-order valence-corrected chi connectivity index (χ4v) is 2.70. The Bertz CT molecular complexity index is 491. The number of halogens is 1. The Labute approximate surface area is 140 Å². The van der Waals surface area contributed by atoms with E-state index in [4.69, 9.17) is 4.74 Å². The van der Waals surface area contributed by atoms with Crippen LogP contribution in [0.5, 0.6) is 0 Å². The van der Waals surface area contributed by atoms with Crippen LogP contribution < -0.4 is 10.2 Å². The maximum absolute atomic E-state index is 11.7. The van der Waals surface area contributed by atoms with Crippen LogP contribution in [0.1, 0.15) is 33.6 Å². The number of ether oxygens (including phenoxy) is 1. The molecule has 0 aliphatic carbocycles. The number of carbonyl (C=O) groups is 1. The summed E-state index contributed by atoms with van der Waals surface area (Å²) < 4.78 is 6.25. The molecule has 0 radical (unpaired) electrons. The zero-order chi connectivity index (χ0) is 16.2. The number of nitrogens with zero attached hydrogens (tertiary/aromatic N) is 2. The molecule has 1 N–H and O–H groups in total. The van der Waals surface area contributed by atoms with Crippen LogP contribution in [-0.4, -0.2) is 36.3 Å². The van der Waals surface area contributed by atoms with Crippen molar-refractivity contribution in [2.45, 2.75) is 39.2 Å². The molecule has 0 atom stereocenters. The Morgan fingerprint density at radius 3 is 2.64 bits per heavy atom. The van der Waals surface area contributed by atoms with Crippen molar-refractivity contribution in [3.8, 4) is 0 Å². The highest BCUT2D eigenvalue weighted by molar-refractivity contribution is 9.10. The maximum Gasteiger partial charge on any atom is 0.407 e. The second kappa shape index (κ2) is 7.31. The Hall–Kier alpha value is -1.30. The summed E-state index contributed by atoms with van der Waals surface area (Å²) in [5.74, 6) is 1.51. The fraction of sp³-hybridized carbons (Fsp3) is 0.625. The van der Waals surface area contributed by atoms with Gasteiger partial charge in [0.2, 0.25) is 0 Å². The molecule has 0 spiro atoms. The number of carbonyl (C=O) groups excluding carboxylic acids is 1. The predicted octanol–water partition coefficient (Wildman–Crippen LogP) is 3.59. The molecule has 1 aromatic heterocycles. The second-order valence-electron chi connectivity index (χ2n) is 6.65. The predicted molar refractivity (Wildman–Crippen MR) is 91.1 cm³/mol. The van der Waals surface area contributed by atoms with Gasteiger partial charge in [-0.25, -0.2) is 9.78 Å². The summed E-state index contributed by atoms with van der Waals surface area (Å²) in [7, 11) is 0. The molecule has 0 aromatic carbocycles. The average Bonchev–Trinajstić information content (AvgIpc) is 2.45. The van der Waals surface area contributed by atoms with Gasteiger partial charge in [-0.05, 0) is 67.6 Å². The van der Waals surface area contributed by atoms with Gasteiger partial charge in [0, 0.05) is 30.3 Å². The lowest BCUT2D eigenvalue weighted by Crippen LogP contribution is -2.40. The Kier molecular flexibility index (Phi) is 5.67. The van der Waals surface area contributed by atoms with Crippen LogP contribution in [0.25, 0.3) is 0 Å². The molecule has 1 aliphatic heterocycles. The van der Waals surface area contributed by atoms with Crippen LogP contribution in [0.2, 0.25) is 0 Å². The number of anilines is 1. The van der Waals surface area contributed by atoms with Gasteiger partial charge in [-0.1, -0.05) is 0 Å². The monoisotopic (exact) mass is 369 g/mol. The van der Waals surface area contributed by atoms with Crippen LogP contribution in [-0.2, 0) is 4.74 Å². The standard InChI is InChI=1S/C16H24BrN3O2/c1-16(2,3)22-15(21)19-10-12-6-8-20(9-7-12)14-5-4-13(17)11-18-14/h4-5,11-12H,6-10H2,1-3H3,(H,19,21). The lowest BCUT2D eigenvalue weighted by atomic mass is 9.97. The molecule has 122 valence electrons. The third kappa shape index (κ3) is 5.48. The summed E-state index contributed by atoms with van der Waals surface area (Å²) in [6, 6.07) is 4.04. The van der Waals surface area contributed by atoms with E-state index < -0.39 is 5.60 Å². The highest BCUT2D eigenvalue weighted by Crippen LogP contribution is 2.22. The van der Waals surface area contributed by atoms with Crippen LogP contribution in [0, 0.1) is 5.92 Å². The van der Waals surface area contributed by atoms with E-state index in [1.807, 2.05) is 39.1 Å². The smallest absolute Gasteiger partial charge is 0.407 e. The molecular weight excluding hydrogens is 346 g/mol. The van der Waals surface area contributed by atoms with E-state index in [1.54, 1.807) is 0 Å². The van der Waals surface area contributed by atoms with E-state index >= 15 is 0 Å². The van der Waals surface area contributed by atoms with Gasteiger partial charge in [-0.3, -0.25) is 0 Å². The first-order chi connectivity index (χ1) is 10.3. The van der Waals surface area contributed by atoms with E-state index in [2.05, 4.69) is 31.1 Å². The number of aromatic nitrogens is 1. The topological polar surface area (TPSA) is 54.5 Å². The minimum Gasteiger partial charge on any atom is -0.444 e. The molecule has 0 saturated carbocycles. The number of piperidine rings is 1. The fourth-order valence-electron chi connectivity index (χ4n) is 2.46. The minimum absolute atomic E-state index is 0.329. The number of hydrogen-bond acceptors (Lipinski definition) is 4. The molecule has 1 amide bonds. The van der Waals surface area contributed by atoms with Crippen LogP contribution in [0.4, 0.5) is 10.6 Å². The number of alkyl carbamates (subject to hydrolysis) is 1. The van der Waals surface area contributed by atoms with Crippen molar-refractivity contribution in [2.24, 2.45) is 5.92 Å². The first kappa shape index (κ1) is 17.1. The zero-order valence-electron chi connectivity index (χ0n) is 13.4. The first-order valence-electron chi connectivity index (χ1n) is 7.67. The normalized spacial score (nSPS) is 16.5. The summed E-state index contributed by atoms with van der Waals surface area (Å²) in [5, 5.41) is 2.87. The Morgan fingerprint density at radius 1 is 1.41 bits per heavy atom. The molecule has 1 saturated heterocycles. The molecule has 0 unspecified atom stereocenters. The average molecular weight is 370 g/mol. The highest BCUT2D eigenvalue weighted by Gasteiger charge is 2.22. The van der Waals surface area contributed by atoms with Crippen LogP contribution in [0.3, 0.4) is 0 Å². The summed E-state index contributed by atoms with van der Waals surface area (Å²) in [4.78, 5) is 18.4. The molecule has 2 rings (SSSR count). The van der Waals surface area contributed by atoms with Crippen molar-refractivity contribution in [1.82, 2.24) is 10.3 Å². The molecule has 0 bridgehead atoms. The molecule has 1 aliphatic rings. The number of pyridine rings is 1. The van der Waals surface area contributed by atoms with Crippen molar-refractivity contribution in [3.63, 3.8) is 0 Å². The van der Waals surface area contributed by atoms with Gasteiger partial charge in [-0.2, -0.15) is 0 Å². The lowest BCUT2D eigenvalue weighted by molar-refractivity contribution is 0.0517. The quantitative estimate of drug-likeness (QED) is 0.884. The highest BCUT2D eigenvalue weighted by atomic mass is 79.9. The van der Waals surface area contributed by atoms with E-state index in [0.717, 1.165) is 36.2 Å². The minimum atomic E-state index is -0.444. The van der Waals surface area contributed by atoms with E-state index in [9.17, 15) is 4.79 Å². The lowest BCUT2D eigenvalue weighted by Gasteiger charge is -2.33. The van der Waals surface area contributed by atoms with E-state index in [0.29, 0.717) is 12.5 Å². The maximum atomic E-state index is 11.7. The molecule has 2 heterocycles. The molecule has 22 heavy (non-hydrogen) atoms. The van der Waals surface area contributed by atoms with Crippen molar-refractivity contribution in [1.29, 1.82) is 0 Å².